The van der Waals surface area contributed by atoms with E-state index in [-0.39, 0.29) is 5.97 Å². The molecule has 1 unspecified atom stereocenters. The summed E-state index contributed by atoms with van der Waals surface area (Å²) < 4.78 is 4.58. The minimum absolute atomic E-state index is 0.130. The summed E-state index contributed by atoms with van der Waals surface area (Å²) in [5.41, 5.74) is 0.475. The van der Waals surface area contributed by atoms with Crippen LogP contribution in [-0.2, 0) is 9.53 Å². The van der Waals surface area contributed by atoms with Crippen molar-refractivity contribution >= 4 is 5.97 Å². The fourth-order valence-electron chi connectivity index (χ4n) is 2.09. The fourth-order valence-corrected chi connectivity index (χ4v) is 2.09. The second kappa shape index (κ2) is 4.78. The average molecular weight is 199 g/mol. The first kappa shape index (κ1) is 11.5. The summed E-state index contributed by atoms with van der Waals surface area (Å²) in [6, 6.07) is 0.592. The first-order valence-corrected chi connectivity index (χ1v) is 5.34. The van der Waals surface area contributed by atoms with Gasteiger partial charge in [0, 0.05) is 12.6 Å². The first-order valence-electron chi connectivity index (χ1n) is 5.34. The fraction of sp³-hybridized carbons (Fsp3) is 0.909. The lowest BCUT2D eigenvalue weighted by atomic mass is 9.92. The van der Waals surface area contributed by atoms with Crippen LogP contribution < -0.4 is 5.32 Å². The number of esters is 1. The maximum Gasteiger partial charge on any atom is 0.306 e. The van der Waals surface area contributed by atoms with Gasteiger partial charge in [0.05, 0.1) is 13.5 Å². The van der Waals surface area contributed by atoms with E-state index in [1.807, 2.05) is 0 Å². The number of hydrogen-bond donors (Lipinski definition) is 1. The molecular formula is C11H21NO2. The molecule has 0 aliphatic heterocycles. The number of rotatable bonds is 4. The molecule has 1 aliphatic carbocycles. The van der Waals surface area contributed by atoms with Gasteiger partial charge in [-0.25, -0.2) is 0 Å². The molecule has 0 spiro atoms. The molecule has 1 fully saturated rings. The van der Waals surface area contributed by atoms with E-state index < -0.39 is 0 Å². The van der Waals surface area contributed by atoms with E-state index >= 15 is 0 Å². The number of carbonyl (C=O) groups is 1. The largest absolute Gasteiger partial charge is 0.469 e. The van der Waals surface area contributed by atoms with E-state index in [4.69, 9.17) is 0 Å². The highest BCUT2D eigenvalue weighted by molar-refractivity contribution is 5.69. The third-order valence-corrected chi connectivity index (χ3v) is 2.96. The number of ether oxygens (including phenoxy) is 1. The Bertz CT molecular complexity index is 201. The molecule has 1 N–H and O–H groups in total. The second-order valence-corrected chi connectivity index (χ2v) is 4.88. The minimum atomic E-state index is -0.130. The molecule has 0 amide bonds. The molecule has 1 saturated carbocycles. The summed E-state index contributed by atoms with van der Waals surface area (Å²) in [5, 5.41) is 3.40. The van der Waals surface area contributed by atoms with Crippen molar-refractivity contribution in [3.05, 3.63) is 0 Å². The Morgan fingerprint density at radius 1 is 1.57 bits per heavy atom. The minimum Gasteiger partial charge on any atom is -0.469 e. The number of methoxy groups -OCH3 is 1. The van der Waals surface area contributed by atoms with Crippen LogP contribution in [0.3, 0.4) is 0 Å². The van der Waals surface area contributed by atoms with Gasteiger partial charge < -0.3 is 10.1 Å². The lowest BCUT2D eigenvalue weighted by Crippen LogP contribution is -2.29. The van der Waals surface area contributed by atoms with Gasteiger partial charge in [-0.2, -0.15) is 0 Å². The maximum absolute atomic E-state index is 10.9. The van der Waals surface area contributed by atoms with E-state index in [9.17, 15) is 4.79 Å². The lowest BCUT2D eigenvalue weighted by Gasteiger charge is -2.17. The molecule has 1 aliphatic rings. The third kappa shape index (κ3) is 3.66. The predicted molar refractivity (Wildman–Crippen MR) is 56.1 cm³/mol. The topological polar surface area (TPSA) is 38.3 Å². The van der Waals surface area contributed by atoms with Crippen LogP contribution in [-0.4, -0.2) is 25.7 Å². The molecule has 0 heterocycles. The summed E-state index contributed by atoms with van der Waals surface area (Å²) in [5.74, 6) is -0.130. The Hall–Kier alpha value is -0.570. The number of carbonyl (C=O) groups excluding carboxylic acids is 1. The zero-order chi connectivity index (χ0) is 10.6. The summed E-state index contributed by atoms with van der Waals surface area (Å²) in [7, 11) is 1.43. The molecule has 3 heteroatoms. The van der Waals surface area contributed by atoms with Crippen molar-refractivity contribution in [3.8, 4) is 0 Å². The third-order valence-electron chi connectivity index (χ3n) is 2.96. The normalized spacial score (nSPS) is 24.9. The summed E-state index contributed by atoms with van der Waals surface area (Å²) in [6.07, 6.45) is 4.21. The molecule has 0 saturated heterocycles. The Kier molecular flexibility index (Phi) is 3.93. The van der Waals surface area contributed by atoms with Crippen molar-refractivity contribution < 1.29 is 9.53 Å². The maximum atomic E-state index is 10.9. The van der Waals surface area contributed by atoms with E-state index in [0.717, 1.165) is 6.54 Å². The van der Waals surface area contributed by atoms with Crippen LogP contribution >= 0.6 is 0 Å². The predicted octanol–water partition coefficient (Wildman–Crippen LogP) is 1.72. The van der Waals surface area contributed by atoms with Crippen LogP contribution in [0.5, 0.6) is 0 Å². The van der Waals surface area contributed by atoms with E-state index in [1.54, 1.807) is 0 Å². The van der Waals surface area contributed by atoms with Gasteiger partial charge in [-0.05, 0) is 24.7 Å². The highest BCUT2D eigenvalue weighted by Gasteiger charge is 2.30. The van der Waals surface area contributed by atoms with Gasteiger partial charge in [-0.15, -0.1) is 0 Å². The highest BCUT2D eigenvalue weighted by atomic mass is 16.5. The van der Waals surface area contributed by atoms with Crippen molar-refractivity contribution in [2.75, 3.05) is 13.7 Å². The van der Waals surface area contributed by atoms with Crippen LogP contribution in [0.1, 0.15) is 39.5 Å². The molecule has 0 aromatic carbocycles. The quantitative estimate of drug-likeness (QED) is 0.701. The Morgan fingerprint density at radius 2 is 2.29 bits per heavy atom. The van der Waals surface area contributed by atoms with Crippen LogP contribution in [0.2, 0.25) is 0 Å². The van der Waals surface area contributed by atoms with Gasteiger partial charge >= 0.3 is 5.97 Å². The standard InChI is InChI=1S/C11H21NO2/c1-11(2)6-4-9(8-11)12-7-5-10(13)14-3/h9,12H,4-8H2,1-3H3. The van der Waals surface area contributed by atoms with Gasteiger partial charge in [-0.3, -0.25) is 4.79 Å². The van der Waals surface area contributed by atoms with Crippen LogP contribution in [0.15, 0.2) is 0 Å². The van der Waals surface area contributed by atoms with Gasteiger partial charge in [0.15, 0.2) is 0 Å². The van der Waals surface area contributed by atoms with E-state index in [1.165, 1.54) is 26.4 Å². The van der Waals surface area contributed by atoms with Gasteiger partial charge in [0.25, 0.3) is 0 Å². The average Bonchev–Trinajstić information content (AvgIpc) is 2.45. The first-order chi connectivity index (χ1) is 6.53. The molecule has 14 heavy (non-hydrogen) atoms. The van der Waals surface area contributed by atoms with Crippen molar-refractivity contribution in [1.29, 1.82) is 0 Å². The second-order valence-electron chi connectivity index (χ2n) is 4.88. The SMILES string of the molecule is COC(=O)CCNC1CCC(C)(C)C1. The Labute approximate surface area is 86.2 Å². The Balaban J connectivity index is 2.12. The molecule has 1 rings (SSSR count). The number of nitrogens with one attached hydrogen (secondary N) is 1. The van der Waals surface area contributed by atoms with Crippen LogP contribution in [0.25, 0.3) is 0 Å². The molecule has 0 bridgehead atoms. The van der Waals surface area contributed by atoms with Gasteiger partial charge in [-0.1, -0.05) is 13.8 Å². The lowest BCUT2D eigenvalue weighted by molar-refractivity contribution is -0.140. The van der Waals surface area contributed by atoms with Crippen LogP contribution in [0, 0.1) is 5.41 Å². The summed E-state index contributed by atoms with van der Waals surface area (Å²) in [4.78, 5) is 10.9. The van der Waals surface area contributed by atoms with Crippen molar-refractivity contribution in [3.63, 3.8) is 0 Å². The molecule has 0 radical (unpaired) electrons. The van der Waals surface area contributed by atoms with E-state index in [0.29, 0.717) is 17.9 Å². The number of hydrogen-bond acceptors (Lipinski definition) is 3. The smallest absolute Gasteiger partial charge is 0.306 e. The van der Waals surface area contributed by atoms with Crippen LogP contribution in [0.4, 0.5) is 0 Å². The highest BCUT2D eigenvalue weighted by Crippen LogP contribution is 2.36. The molecule has 0 aromatic heterocycles. The molecule has 3 nitrogen and oxygen atoms in total. The zero-order valence-corrected chi connectivity index (χ0v) is 9.43. The van der Waals surface area contributed by atoms with Crippen molar-refractivity contribution in [2.24, 2.45) is 5.41 Å². The molecule has 0 aromatic rings. The zero-order valence-electron chi connectivity index (χ0n) is 9.43. The van der Waals surface area contributed by atoms with Gasteiger partial charge in [0.2, 0.25) is 0 Å². The van der Waals surface area contributed by atoms with Crippen molar-refractivity contribution in [1.82, 2.24) is 5.32 Å². The molecular weight excluding hydrogens is 178 g/mol. The van der Waals surface area contributed by atoms with Crippen molar-refractivity contribution in [2.45, 2.75) is 45.6 Å². The molecule has 1 atom stereocenters. The van der Waals surface area contributed by atoms with E-state index in [2.05, 4.69) is 23.9 Å². The summed E-state index contributed by atoms with van der Waals surface area (Å²) >= 11 is 0. The van der Waals surface area contributed by atoms with Gasteiger partial charge in [0.1, 0.15) is 0 Å². The summed E-state index contributed by atoms with van der Waals surface area (Å²) in [6.45, 7) is 5.34. The molecule has 82 valence electrons. The monoisotopic (exact) mass is 199 g/mol. The Morgan fingerprint density at radius 3 is 2.79 bits per heavy atom.